The Bertz CT molecular complexity index is 791. The van der Waals surface area contributed by atoms with Crippen molar-refractivity contribution in [3.05, 3.63) is 70.7 Å². The average Bonchev–Trinajstić information content (AvgIpc) is 3.24. The Labute approximate surface area is 172 Å². The van der Waals surface area contributed by atoms with Crippen molar-refractivity contribution in [3.63, 3.8) is 0 Å². The Morgan fingerprint density at radius 3 is 2.18 bits per heavy atom. The topological polar surface area (TPSA) is 38.3 Å². The molecule has 2 aromatic carbocycles. The molecule has 4 rings (SSSR count). The van der Waals surface area contributed by atoms with Gasteiger partial charge in [-0.2, -0.15) is 0 Å². The molecule has 1 amide bonds. The van der Waals surface area contributed by atoms with E-state index in [1.165, 1.54) is 18.4 Å². The Balaban J connectivity index is 1.57. The van der Waals surface area contributed by atoms with Crippen LogP contribution in [0, 0.1) is 0 Å². The van der Waals surface area contributed by atoms with Gasteiger partial charge in [0, 0.05) is 30.2 Å². The molecule has 148 valence electrons. The number of nitrogens with one attached hydrogen (secondary N) is 1. The molecular formula is C24H28ClNO2. The lowest BCUT2D eigenvalue weighted by Gasteiger charge is -2.38. The molecular weight excluding hydrogens is 370 g/mol. The number of carbonyl (C=O) groups is 1. The molecule has 0 bridgehead atoms. The van der Waals surface area contributed by atoms with Crippen LogP contribution >= 0.6 is 11.6 Å². The Morgan fingerprint density at radius 2 is 1.54 bits per heavy atom. The van der Waals surface area contributed by atoms with Gasteiger partial charge in [0.25, 0.3) is 0 Å². The maximum Gasteiger partial charge on any atom is 0.230 e. The van der Waals surface area contributed by atoms with Gasteiger partial charge in [0.1, 0.15) is 0 Å². The van der Waals surface area contributed by atoms with E-state index in [4.69, 9.17) is 16.3 Å². The number of rotatable bonds is 5. The van der Waals surface area contributed by atoms with Gasteiger partial charge in [-0.3, -0.25) is 4.79 Å². The van der Waals surface area contributed by atoms with Gasteiger partial charge in [0.05, 0.1) is 5.41 Å². The molecule has 0 radical (unpaired) electrons. The number of benzene rings is 2. The average molecular weight is 398 g/mol. The molecule has 2 fully saturated rings. The van der Waals surface area contributed by atoms with Gasteiger partial charge < -0.3 is 10.1 Å². The zero-order chi connectivity index (χ0) is 19.5. The van der Waals surface area contributed by atoms with Crippen LogP contribution in [0.1, 0.15) is 49.7 Å². The standard InChI is InChI=1S/C24H28ClNO2/c25-21-10-8-20(9-11-21)24(14-16-28-17-15-24)22(27)26-18-23(12-4-5-13-23)19-6-2-1-3-7-19/h1-3,6-11H,4-5,12-18H2,(H,26,27). The third-order valence-corrected chi connectivity index (χ3v) is 6.96. The molecule has 2 aromatic rings. The summed E-state index contributed by atoms with van der Waals surface area (Å²) in [6, 6.07) is 18.4. The summed E-state index contributed by atoms with van der Waals surface area (Å²) in [6.07, 6.45) is 6.13. The zero-order valence-electron chi connectivity index (χ0n) is 16.3. The monoisotopic (exact) mass is 397 g/mol. The lowest BCUT2D eigenvalue weighted by Crippen LogP contribution is -2.51. The van der Waals surface area contributed by atoms with E-state index >= 15 is 0 Å². The molecule has 0 aromatic heterocycles. The molecule has 1 aliphatic carbocycles. The summed E-state index contributed by atoms with van der Waals surface area (Å²) >= 11 is 6.08. The fraction of sp³-hybridized carbons (Fsp3) is 0.458. The van der Waals surface area contributed by atoms with Gasteiger partial charge in [-0.1, -0.05) is 66.9 Å². The van der Waals surface area contributed by atoms with E-state index in [-0.39, 0.29) is 11.3 Å². The van der Waals surface area contributed by atoms with E-state index in [1.54, 1.807) is 0 Å². The number of halogens is 1. The Hall–Kier alpha value is -1.84. The number of hydrogen-bond donors (Lipinski definition) is 1. The van der Waals surface area contributed by atoms with Crippen LogP contribution in [0.5, 0.6) is 0 Å². The van der Waals surface area contributed by atoms with Crippen LogP contribution in [0.4, 0.5) is 0 Å². The van der Waals surface area contributed by atoms with Crippen LogP contribution in [-0.2, 0) is 20.4 Å². The van der Waals surface area contributed by atoms with Crippen molar-refractivity contribution in [1.29, 1.82) is 0 Å². The first-order chi connectivity index (χ1) is 13.6. The number of carbonyl (C=O) groups excluding carboxylic acids is 1. The van der Waals surface area contributed by atoms with Crippen LogP contribution in [-0.4, -0.2) is 25.7 Å². The molecule has 0 atom stereocenters. The highest BCUT2D eigenvalue weighted by atomic mass is 35.5. The summed E-state index contributed by atoms with van der Waals surface area (Å²) in [5.74, 6) is 0.125. The third kappa shape index (κ3) is 3.70. The van der Waals surface area contributed by atoms with Crippen LogP contribution in [0.15, 0.2) is 54.6 Å². The summed E-state index contributed by atoms with van der Waals surface area (Å²) < 4.78 is 5.58. The van der Waals surface area contributed by atoms with Gasteiger partial charge in [-0.15, -0.1) is 0 Å². The van der Waals surface area contributed by atoms with E-state index in [2.05, 4.69) is 35.6 Å². The molecule has 1 heterocycles. The number of hydrogen-bond acceptors (Lipinski definition) is 2. The lowest BCUT2D eigenvalue weighted by molar-refractivity contribution is -0.130. The largest absolute Gasteiger partial charge is 0.381 e. The second-order valence-corrected chi connectivity index (χ2v) is 8.67. The van der Waals surface area contributed by atoms with E-state index in [0.717, 1.165) is 18.4 Å². The van der Waals surface area contributed by atoms with Crippen molar-refractivity contribution >= 4 is 17.5 Å². The van der Waals surface area contributed by atoms with Crippen molar-refractivity contribution in [2.24, 2.45) is 0 Å². The van der Waals surface area contributed by atoms with Gasteiger partial charge in [0.15, 0.2) is 0 Å². The predicted octanol–water partition coefficient (Wildman–Crippen LogP) is 5.02. The van der Waals surface area contributed by atoms with Gasteiger partial charge in [-0.05, 0) is 48.9 Å². The number of amides is 1. The smallest absolute Gasteiger partial charge is 0.230 e. The zero-order valence-corrected chi connectivity index (χ0v) is 17.0. The molecule has 0 spiro atoms. The first-order valence-corrected chi connectivity index (χ1v) is 10.7. The summed E-state index contributed by atoms with van der Waals surface area (Å²) in [7, 11) is 0. The third-order valence-electron chi connectivity index (χ3n) is 6.71. The minimum atomic E-state index is -0.528. The van der Waals surface area contributed by atoms with Gasteiger partial charge in [-0.25, -0.2) is 0 Å². The van der Waals surface area contributed by atoms with Crippen molar-refractivity contribution in [2.45, 2.75) is 49.4 Å². The molecule has 1 saturated heterocycles. The summed E-state index contributed by atoms with van der Waals surface area (Å²) in [5.41, 5.74) is 1.92. The maximum absolute atomic E-state index is 13.5. The van der Waals surface area contributed by atoms with Crippen LogP contribution in [0.2, 0.25) is 5.02 Å². The van der Waals surface area contributed by atoms with Crippen LogP contribution < -0.4 is 5.32 Å². The van der Waals surface area contributed by atoms with E-state index in [9.17, 15) is 4.79 Å². The van der Waals surface area contributed by atoms with Crippen molar-refractivity contribution < 1.29 is 9.53 Å². The second-order valence-electron chi connectivity index (χ2n) is 8.24. The number of ether oxygens (including phenoxy) is 1. The Kier molecular flexibility index (Phi) is 5.75. The first-order valence-electron chi connectivity index (χ1n) is 10.3. The SMILES string of the molecule is O=C(NCC1(c2ccccc2)CCCC1)C1(c2ccc(Cl)cc2)CCOCC1. The van der Waals surface area contributed by atoms with Gasteiger partial charge >= 0.3 is 0 Å². The molecule has 3 nitrogen and oxygen atoms in total. The fourth-order valence-electron chi connectivity index (χ4n) is 4.97. The maximum atomic E-state index is 13.5. The van der Waals surface area contributed by atoms with Crippen molar-refractivity contribution in [1.82, 2.24) is 5.32 Å². The molecule has 28 heavy (non-hydrogen) atoms. The van der Waals surface area contributed by atoms with Crippen LogP contribution in [0.25, 0.3) is 0 Å². The quantitative estimate of drug-likeness (QED) is 0.769. The van der Waals surface area contributed by atoms with Gasteiger partial charge in [0.2, 0.25) is 5.91 Å². The van der Waals surface area contributed by atoms with E-state index in [1.807, 2.05) is 24.3 Å². The lowest BCUT2D eigenvalue weighted by atomic mass is 9.72. The molecule has 1 saturated carbocycles. The molecule has 4 heteroatoms. The minimum absolute atomic E-state index is 0.0588. The highest BCUT2D eigenvalue weighted by Gasteiger charge is 2.43. The highest BCUT2D eigenvalue weighted by molar-refractivity contribution is 6.30. The Morgan fingerprint density at radius 1 is 0.893 bits per heavy atom. The van der Waals surface area contributed by atoms with E-state index < -0.39 is 5.41 Å². The highest BCUT2D eigenvalue weighted by Crippen LogP contribution is 2.41. The molecule has 1 N–H and O–H groups in total. The predicted molar refractivity (Wildman–Crippen MR) is 113 cm³/mol. The fourth-order valence-corrected chi connectivity index (χ4v) is 5.09. The molecule has 2 aliphatic rings. The molecule has 1 aliphatic heterocycles. The van der Waals surface area contributed by atoms with Crippen LogP contribution in [0.3, 0.4) is 0 Å². The van der Waals surface area contributed by atoms with Crippen molar-refractivity contribution in [2.75, 3.05) is 19.8 Å². The first kappa shape index (κ1) is 19.5. The van der Waals surface area contributed by atoms with E-state index in [0.29, 0.717) is 37.6 Å². The summed E-state index contributed by atoms with van der Waals surface area (Å²) in [6.45, 7) is 1.92. The normalized spacial score (nSPS) is 20.6. The van der Waals surface area contributed by atoms with Crippen molar-refractivity contribution in [3.8, 4) is 0 Å². The molecule has 0 unspecified atom stereocenters. The minimum Gasteiger partial charge on any atom is -0.381 e. The summed E-state index contributed by atoms with van der Waals surface area (Å²) in [4.78, 5) is 13.5. The summed E-state index contributed by atoms with van der Waals surface area (Å²) in [5, 5.41) is 4.05. The second kappa shape index (κ2) is 8.26.